The number of hydrogen-bond acceptors (Lipinski definition) is 3. The van der Waals surface area contributed by atoms with Gasteiger partial charge < -0.3 is 15.2 Å². The minimum atomic E-state index is 0.168. The second-order valence-electron chi connectivity index (χ2n) is 3.02. The molecular formula is C8H17NO2. The van der Waals surface area contributed by atoms with Crippen LogP contribution < -0.4 is 5.73 Å². The Kier molecular flexibility index (Phi) is 3.83. The van der Waals surface area contributed by atoms with Gasteiger partial charge in [-0.15, -0.1) is 0 Å². The lowest BCUT2D eigenvalue weighted by Crippen LogP contribution is -2.32. The van der Waals surface area contributed by atoms with Gasteiger partial charge in [0, 0.05) is 13.2 Å². The summed E-state index contributed by atoms with van der Waals surface area (Å²) in [6.45, 7) is 4.21. The van der Waals surface area contributed by atoms with Crippen molar-refractivity contribution in [2.75, 3.05) is 19.8 Å². The monoisotopic (exact) mass is 159 g/mol. The Morgan fingerprint density at radius 2 is 2.55 bits per heavy atom. The standard InChI is InChI=1S/C8H17NO2/c1-7(5-9)11-8-3-2-4-10-6-8/h7-8H,2-6,9H2,1H3. The molecular weight excluding hydrogens is 142 g/mol. The first-order valence-corrected chi connectivity index (χ1v) is 4.26. The van der Waals surface area contributed by atoms with Crippen LogP contribution in [0.3, 0.4) is 0 Å². The quantitative estimate of drug-likeness (QED) is 0.653. The SMILES string of the molecule is CC(CN)OC1CCCOC1. The molecule has 0 bridgehead atoms. The third-order valence-corrected chi connectivity index (χ3v) is 1.88. The topological polar surface area (TPSA) is 44.5 Å². The van der Waals surface area contributed by atoms with Gasteiger partial charge in [-0.3, -0.25) is 0 Å². The average molecular weight is 159 g/mol. The highest BCUT2D eigenvalue weighted by atomic mass is 16.5. The van der Waals surface area contributed by atoms with E-state index >= 15 is 0 Å². The minimum Gasteiger partial charge on any atom is -0.379 e. The summed E-state index contributed by atoms with van der Waals surface area (Å²) in [7, 11) is 0. The molecule has 2 unspecified atom stereocenters. The van der Waals surface area contributed by atoms with Crippen LogP contribution in [0.1, 0.15) is 19.8 Å². The first-order valence-electron chi connectivity index (χ1n) is 4.26. The third-order valence-electron chi connectivity index (χ3n) is 1.88. The molecule has 1 rings (SSSR count). The van der Waals surface area contributed by atoms with E-state index in [9.17, 15) is 0 Å². The van der Waals surface area contributed by atoms with Crippen molar-refractivity contribution in [3.8, 4) is 0 Å². The predicted molar refractivity (Wildman–Crippen MR) is 43.4 cm³/mol. The first kappa shape index (κ1) is 8.97. The fourth-order valence-corrected chi connectivity index (χ4v) is 1.20. The van der Waals surface area contributed by atoms with Gasteiger partial charge in [0.1, 0.15) is 0 Å². The van der Waals surface area contributed by atoms with Crippen molar-refractivity contribution in [2.45, 2.75) is 32.0 Å². The van der Waals surface area contributed by atoms with Crippen LogP contribution in [-0.2, 0) is 9.47 Å². The Morgan fingerprint density at radius 3 is 3.09 bits per heavy atom. The van der Waals surface area contributed by atoms with Crippen LogP contribution in [0.4, 0.5) is 0 Å². The van der Waals surface area contributed by atoms with Crippen LogP contribution in [0.25, 0.3) is 0 Å². The molecule has 2 atom stereocenters. The van der Waals surface area contributed by atoms with Crippen molar-refractivity contribution < 1.29 is 9.47 Å². The summed E-state index contributed by atoms with van der Waals surface area (Å²) in [4.78, 5) is 0. The van der Waals surface area contributed by atoms with Crippen molar-refractivity contribution in [1.29, 1.82) is 0 Å². The maximum absolute atomic E-state index is 5.59. The molecule has 3 heteroatoms. The van der Waals surface area contributed by atoms with E-state index in [4.69, 9.17) is 15.2 Å². The minimum absolute atomic E-state index is 0.168. The molecule has 0 amide bonds. The molecule has 0 radical (unpaired) electrons. The van der Waals surface area contributed by atoms with Crippen LogP contribution >= 0.6 is 0 Å². The summed E-state index contributed by atoms with van der Waals surface area (Å²) >= 11 is 0. The van der Waals surface area contributed by atoms with E-state index in [1.807, 2.05) is 6.92 Å². The van der Waals surface area contributed by atoms with Crippen molar-refractivity contribution in [1.82, 2.24) is 0 Å². The second-order valence-corrected chi connectivity index (χ2v) is 3.02. The van der Waals surface area contributed by atoms with Gasteiger partial charge in [0.15, 0.2) is 0 Å². The highest BCUT2D eigenvalue weighted by molar-refractivity contribution is 4.64. The highest BCUT2D eigenvalue weighted by Gasteiger charge is 2.15. The Bertz CT molecular complexity index is 102. The molecule has 0 saturated carbocycles. The number of nitrogens with two attached hydrogens (primary N) is 1. The molecule has 2 N–H and O–H groups in total. The van der Waals surface area contributed by atoms with Crippen LogP contribution in [0.15, 0.2) is 0 Å². The van der Waals surface area contributed by atoms with Crippen LogP contribution in [0, 0.1) is 0 Å². The largest absolute Gasteiger partial charge is 0.379 e. The van der Waals surface area contributed by atoms with Crippen LogP contribution in [-0.4, -0.2) is 32.0 Å². The van der Waals surface area contributed by atoms with Gasteiger partial charge in [-0.2, -0.15) is 0 Å². The van der Waals surface area contributed by atoms with E-state index in [1.54, 1.807) is 0 Å². The van der Waals surface area contributed by atoms with Gasteiger partial charge in [-0.25, -0.2) is 0 Å². The van der Waals surface area contributed by atoms with E-state index < -0.39 is 0 Å². The molecule has 1 heterocycles. The molecule has 1 aliphatic rings. The molecule has 1 fully saturated rings. The predicted octanol–water partition coefficient (Wildman–Crippen LogP) is 0.529. The Labute approximate surface area is 67.9 Å². The average Bonchev–Trinajstić information content (AvgIpc) is 2.06. The molecule has 0 aromatic carbocycles. The summed E-state index contributed by atoms with van der Waals surface area (Å²) in [6, 6.07) is 0. The van der Waals surface area contributed by atoms with E-state index in [0.29, 0.717) is 6.54 Å². The zero-order chi connectivity index (χ0) is 8.10. The van der Waals surface area contributed by atoms with Crippen LogP contribution in [0.2, 0.25) is 0 Å². The lowest BCUT2D eigenvalue weighted by atomic mass is 10.2. The summed E-state index contributed by atoms with van der Waals surface area (Å²) in [5.74, 6) is 0. The van der Waals surface area contributed by atoms with Crippen molar-refractivity contribution in [3.05, 3.63) is 0 Å². The van der Waals surface area contributed by atoms with Gasteiger partial charge in [0.25, 0.3) is 0 Å². The lowest BCUT2D eigenvalue weighted by Gasteiger charge is -2.25. The van der Waals surface area contributed by atoms with E-state index in [-0.39, 0.29) is 12.2 Å². The fraction of sp³-hybridized carbons (Fsp3) is 1.00. The van der Waals surface area contributed by atoms with Gasteiger partial charge in [-0.1, -0.05) is 0 Å². The maximum Gasteiger partial charge on any atom is 0.0813 e. The summed E-state index contributed by atoms with van der Waals surface area (Å²) < 4.78 is 10.9. The van der Waals surface area contributed by atoms with E-state index in [2.05, 4.69) is 0 Å². The molecule has 0 aliphatic carbocycles. The van der Waals surface area contributed by atoms with Crippen molar-refractivity contribution in [2.24, 2.45) is 5.73 Å². The molecule has 3 nitrogen and oxygen atoms in total. The molecule has 11 heavy (non-hydrogen) atoms. The van der Waals surface area contributed by atoms with Crippen molar-refractivity contribution in [3.63, 3.8) is 0 Å². The summed E-state index contributed by atoms with van der Waals surface area (Å²) in [6.07, 6.45) is 2.68. The van der Waals surface area contributed by atoms with Gasteiger partial charge in [0.05, 0.1) is 18.8 Å². The second kappa shape index (κ2) is 4.70. The smallest absolute Gasteiger partial charge is 0.0813 e. The Balaban J connectivity index is 2.13. The molecule has 1 saturated heterocycles. The number of rotatable bonds is 3. The molecule has 0 spiro atoms. The normalized spacial score (nSPS) is 28.4. The van der Waals surface area contributed by atoms with Gasteiger partial charge in [0.2, 0.25) is 0 Å². The molecule has 0 aromatic heterocycles. The first-order chi connectivity index (χ1) is 5.33. The molecule has 66 valence electrons. The highest BCUT2D eigenvalue weighted by Crippen LogP contribution is 2.11. The Hall–Kier alpha value is -0.120. The van der Waals surface area contributed by atoms with E-state index in [1.165, 1.54) is 0 Å². The zero-order valence-electron chi connectivity index (χ0n) is 7.08. The van der Waals surface area contributed by atoms with Crippen LogP contribution in [0.5, 0.6) is 0 Å². The summed E-state index contributed by atoms with van der Waals surface area (Å²) in [5.41, 5.74) is 5.42. The lowest BCUT2D eigenvalue weighted by molar-refractivity contribution is -0.0753. The zero-order valence-corrected chi connectivity index (χ0v) is 7.08. The number of ether oxygens (including phenoxy) is 2. The van der Waals surface area contributed by atoms with Crippen molar-refractivity contribution >= 4 is 0 Å². The van der Waals surface area contributed by atoms with Gasteiger partial charge >= 0.3 is 0 Å². The van der Waals surface area contributed by atoms with E-state index in [0.717, 1.165) is 26.1 Å². The fourth-order valence-electron chi connectivity index (χ4n) is 1.20. The molecule has 1 aliphatic heterocycles. The Morgan fingerprint density at radius 1 is 1.73 bits per heavy atom. The third kappa shape index (κ3) is 3.18. The molecule has 0 aromatic rings. The summed E-state index contributed by atoms with van der Waals surface area (Å²) in [5, 5.41) is 0. The number of hydrogen-bond donors (Lipinski definition) is 1. The maximum atomic E-state index is 5.59. The van der Waals surface area contributed by atoms with Gasteiger partial charge in [-0.05, 0) is 19.8 Å².